The number of halogens is 4. The number of nitrogens with one attached hydrogen (secondary N) is 2. The van der Waals surface area contributed by atoms with E-state index in [4.69, 9.17) is 11.6 Å². The number of hydrogen-bond acceptors (Lipinski definition) is 1. The van der Waals surface area contributed by atoms with Gasteiger partial charge in [0.2, 0.25) is 0 Å². The van der Waals surface area contributed by atoms with Crippen LogP contribution in [0.4, 0.5) is 18.9 Å². The zero-order chi connectivity index (χ0) is 16.6. The third kappa shape index (κ3) is 3.32. The molecule has 1 amide bonds. The molecule has 3 rings (SSSR count). The molecule has 7 heteroatoms. The highest BCUT2D eigenvalue weighted by molar-refractivity contribution is 6.31. The number of rotatable bonds is 2. The summed E-state index contributed by atoms with van der Waals surface area (Å²) in [6.07, 6.45) is -4.46. The summed E-state index contributed by atoms with van der Waals surface area (Å²) in [6.45, 7) is 0. The molecular formula is C16H10ClF3N2O. The van der Waals surface area contributed by atoms with Crippen LogP contribution in [0.15, 0.2) is 48.5 Å². The molecule has 3 nitrogen and oxygen atoms in total. The summed E-state index contributed by atoms with van der Waals surface area (Å²) in [4.78, 5) is 15.1. The van der Waals surface area contributed by atoms with Crippen LogP contribution in [0, 0.1) is 0 Å². The molecule has 2 aromatic carbocycles. The van der Waals surface area contributed by atoms with Crippen molar-refractivity contribution < 1.29 is 18.0 Å². The first kappa shape index (κ1) is 15.4. The Labute approximate surface area is 134 Å². The molecule has 0 saturated heterocycles. The second-order valence-electron chi connectivity index (χ2n) is 4.95. The van der Waals surface area contributed by atoms with Gasteiger partial charge in [-0.3, -0.25) is 4.79 Å². The van der Waals surface area contributed by atoms with Crippen LogP contribution in [-0.4, -0.2) is 10.9 Å². The maximum absolute atomic E-state index is 12.7. The van der Waals surface area contributed by atoms with Crippen molar-refractivity contribution in [3.63, 3.8) is 0 Å². The number of fused-ring (bicyclic) bond motifs is 1. The van der Waals surface area contributed by atoms with Crippen LogP contribution in [0.5, 0.6) is 0 Å². The number of hydrogen-bond donors (Lipinski definition) is 2. The molecular weight excluding hydrogens is 329 g/mol. The minimum absolute atomic E-state index is 0.0708. The summed E-state index contributed by atoms with van der Waals surface area (Å²) in [7, 11) is 0. The van der Waals surface area contributed by atoms with Crippen LogP contribution in [0.1, 0.15) is 16.1 Å². The van der Waals surface area contributed by atoms with Crippen molar-refractivity contribution in [2.24, 2.45) is 0 Å². The van der Waals surface area contributed by atoms with Gasteiger partial charge in [0.1, 0.15) is 5.69 Å². The van der Waals surface area contributed by atoms with E-state index in [1.807, 2.05) is 0 Å². The van der Waals surface area contributed by atoms with Crippen molar-refractivity contribution in [3.8, 4) is 0 Å². The third-order valence-corrected chi connectivity index (χ3v) is 3.51. The number of H-pyrrole nitrogens is 1. The van der Waals surface area contributed by atoms with Crippen molar-refractivity contribution >= 4 is 34.1 Å². The van der Waals surface area contributed by atoms with E-state index in [-0.39, 0.29) is 11.4 Å². The molecule has 1 aromatic heterocycles. The van der Waals surface area contributed by atoms with E-state index in [0.717, 1.165) is 17.5 Å². The highest BCUT2D eigenvalue weighted by Crippen LogP contribution is 2.30. The number of amides is 1. The van der Waals surface area contributed by atoms with Crippen LogP contribution < -0.4 is 5.32 Å². The van der Waals surface area contributed by atoms with Gasteiger partial charge in [0.25, 0.3) is 5.91 Å². The van der Waals surface area contributed by atoms with Gasteiger partial charge in [0.15, 0.2) is 0 Å². The quantitative estimate of drug-likeness (QED) is 0.671. The van der Waals surface area contributed by atoms with E-state index in [9.17, 15) is 18.0 Å². The van der Waals surface area contributed by atoms with Crippen molar-refractivity contribution in [1.82, 2.24) is 4.98 Å². The minimum Gasteiger partial charge on any atom is -0.350 e. The minimum atomic E-state index is -4.46. The molecule has 0 atom stereocenters. The molecule has 0 unspecified atom stereocenters. The maximum atomic E-state index is 12.7. The normalized spacial score (nSPS) is 11.7. The molecule has 0 aliphatic carbocycles. The van der Waals surface area contributed by atoms with Gasteiger partial charge in [-0.05, 0) is 36.4 Å². The maximum Gasteiger partial charge on any atom is 0.416 e. The molecule has 23 heavy (non-hydrogen) atoms. The van der Waals surface area contributed by atoms with Crippen LogP contribution >= 0.6 is 11.6 Å². The second kappa shape index (κ2) is 5.62. The zero-order valence-corrected chi connectivity index (χ0v) is 12.3. The molecule has 3 aromatic rings. The van der Waals surface area contributed by atoms with Crippen LogP contribution in [0.25, 0.3) is 10.9 Å². The lowest BCUT2D eigenvalue weighted by atomic mass is 10.2. The second-order valence-corrected chi connectivity index (χ2v) is 5.38. The number of carbonyl (C=O) groups is 1. The molecule has 118 valence electrons. The Balaban J connectivity index is 1.86. The monoisotopic (exact) mass is 338 g/mol. The Morgan fingerprint density at radius 2 is 1.87 bits per heavy atom. The van der Waals surface area contributed by atoms with E-state index < -0.39 is 17.6 Å². The summed E-state index contributed by atoms with van der Waals surface area (Å²) < 4.78 is 38.0. The number of aromatic nitrogens is 1. The number of alkyl halides is 3. The third-order valence-electron chi connectivity index (χ3n) is 3.28. The van der Waals surface area contributed by atoms with Gasteiger partial charge in [-0.15, -0.1) is 0 Å². The number of anilines is 1. The van der Waals surface area contributed by atoms with Crippen LogP contribution in [0.2, 0.25) is 5.02 Å². The van der Waals surface area contributed by atoms with Gasteiger partial charge < -0.3 is 10.3 Å². The first-order valence-electron chi connectivity index (χ1n) is 6.60. The molecule has 0 bridgehead atoms. The first-order valence-corrected chi connectivity index (χ1v) is 6.97. The van der Waals surface area contributed by atoms with Gasteiger partial charge in [-0.25, -0.2) is 0 Å². The smallest absolute Gasteiger partial charge is 0.350 e. The van der Waals surface area contributed by atoms with Crippen molar-refractivity contribution in [3.05, 3.63) is 64.8 Å². The first-order chi connectivity index (χ1) is 10.8. The number of carbonyl (C=O) groups excluding carboxylic acids is 1. The van der Waals surface area contributed by atoms with Gasteiger partial charge in [0, 0.05) is 21.6 Å². The molecule has 0 aliphatic heterocycles. The van der Waals surface area contributed by atoms with E-state index in [0.29, 0.717) is 10.5 Å². The fourth-order valence-corrected chi connectivity index (χ4v) is 2.37. The Hall–Kier alpha value is -2.47. The summed E-state index contributed by atoms with van der Waals surface area (Å²) in [5.41, 5.74) is 0.159. The topological polar surface area (TPSA) is 44.9 Å². The van der Waals surface area contributed by atoms with Gasteiger partial charge in [0.05, 0.1) is 5.56 Å². The van der Waals surface area contributed by atoms with Crippen LogP contribution in [-0.2, 0) is 6.18 Å². The van der Waals surface area contributed by atoms with Crippen molar-refractivity contribution in [2.45, 2.75) is 6.18 Å². The van der Waals surface area contributed by atoms with E-state index in [1.165, 1.54) is 12.1 Å². The molecule has 1 heterocycles. The molecule has 0 spiro atoms. The Morgan fingerprint density at radius 3 is 2.61 bits per heavy atom. The average Bonchev–Trinajstić information content (AvgIpc) is 2.90. The predicted molar refractivity (Wildman–Crippen MR) is 82.7 cm³/mol. The molecule has 0 fully saturated rings. The molecule has 2 N–H and O–H groups in total. The average molecular weight is 339 g/mol. The lowest BCUT2D eigenvalue weighted by Crippen LogP contribution is -2.13. The standard InChI is InChI=1S/C16H10ClF3N2O/c17-11-5-4-9-6-14(22-13(9)8-11)15(23)21-12-3-1-2-10(7-12)16(18,19)20/h1-8,22H,(H,21,23). The summed E-state index contributed by atoms with van der Waals surface area (Å²) in [5.74, 6) is -0.531. The van der Waals surface area contributed by atoms with Gasteiger partial charge in [-0.1, -0.05) is 23.7 Å². The fraction of sp³-hybridized carbons (Fsp3) is 0.0625. The Kier molecular flexibility index (Phi) is 3.77. The highest BCUT2D eigenvalue weighted by atomic mass is 35.5. The van der Waals surface area contributed by atoms with Gasteiger partial charge in [-0.2, -0.15) is 13.2 Å². The van der Waals surface area contributed by atoms with Crippen LogP contribution in [0.3, 0.4) is 0 Å². The summed E-state index contributed by atoms with van der Waals surface area (Å²) in [5, 5.41) is 3.74. The van der Waals surface area contributed by atoms with Gasteiger partial charge >= 0.3 is 6.18 Å². The zero-order valence-electron chi connectivity index (χ0n) is 11.5. The largest absolute Gasteiger partial charge is 0.416 e. The lowest BCUT2D eigenvalue weighted by molar-refractivity contribution is -0.137. The lowest BCUT2D eigenvalue weighted by Gasteiger charge is -2.09. The SMILES string of the molecule is O=C(Nc1cccc(C(F)(F)F)c1)c1cc2ccc(Cl)cc2[nH]1. The molecule has 0 radical (unpaired) electrons. The van der Waals surface area contributed by atoms with E-state index in [1.54, 1.807) is 24.3 Å². The molecule has 0 saturated carbocycles. The Morgan fingerprint density at radius 1 is 1.09 bits per heavy atom. The number of aromatic amines is 1. The summed E-state index contributed by atoms with van der Waals surface area (Å²) in [6, 6.07) is 11.2. The van der Waals surface area contributed by atoms with E-state index in [2.05, 4.69) is 10.3 Å². The summed E-state index contributed by atoms with van der Waals surface area (Å²) >= 11 is 5.87. The highest BCUT2D eigenvalue weighted by Gasteiger charge is 2.30. The fourth-order valence-electron chi connectivity index (χ4n) is 2.19. The number of benzene rings is 2. The van der Waals surface area contributed by atoms with Crippen molar-refractivity contribution in [2.75, 3.05) is 5.32 Å². The Bertz CT molecular complexity index is 886. The molecule has 0 aliphatic rings. The van der Waals surface area contributed by atoms with Crippen molar-refractivity contribution in [1.29, 1.82) is 0 Å². The predicted octanol–water partition coefficient (Wildman–Crippen LogP) is 5.09. The van der Waals surface area contributed by atoms with E-state index >= 15 is 0 Å².